The third-order valence-corrected chi connectivity index (χ3v) is 2.85. The van der Waals surface area contributed by atoms with Crippen LogP contribution in [-0.4, -0.2) is 39.4 Å². The molecule has 20 heavy (non-hydrogen) atoms. The van der Waals surface area contributed by atoms with Crippen LogP contribution in [0.2, 0.25) is 0 Å². The number of hydrogen-bond acceptors (Lipinski definition) is 5. The molecule has 112 valence electrons. The fourth-order valence-electron chi connectivity index (χ4n) is 1.74. The molecular formula is C15H23NO4. The van der Waals surface area contributed by atoms with E-state index in [0.717, 1.165) is 18.5 Å². The molecule has 0 heterocycles. The van der Waals surface area contributed by atoms with Gasteiger partial charge in [-0.3, -0.25) is 4.79 Å². The summed E-state index contributed by atoms with van der Waals surface area (Å²) >= 11 is 0. The first-order valence-electron chi connectivity index (χ1n) is 6.71. The Labute approximate surface area is 120 Å². The number of benzene rings is 1. The predicted octanol–water partition coefficient (Wildman–Crippen LogP) is 1.92. The molecule has 0 radical (unpaired) electrons. The van der Waals surface area contributed by atoms with E-state index in [2.05, 4.69) is 5.32 Å². The molecular weight excluding hydrogens is 258 g/mol. The zero-order valence-corrected chi connectivity index (χ0v) is 12.6. The molecule has 0 bridgehead atoms. The van der Waals surface area contributed by atoms with E-state index in [9.17, 15) is 4.79 Å². The van der Waals surface area contributed by atoms with Gasteiger partial charge in [0.15, 0.2) is 11.5 Å². The van der Waals surface area contributed by atoms with E-state index < -0.39 is 6.04 Å². The second-order valence-electron chi connectivity index (χ2n) is 4.50. The van der Waals surface area contributed by atoms with E-state index in [1.807, 2.05) is 32.0 Å². The lowest BCUT2D eigenvalue weighted by Gasteiger charge is -2.18. The maximum absolute atomic E-state index is 11.7. The SMILES string of the molecule is CCCNC(COc1ccc(C)cc1OC)C(=O)OC. The number of rotatable bonds is 8. The van der Waals surface area contributed by atoms with E-state index in [1.165, 1.54) is 7.11 Å². The van der Waals surface area contributed by atoms with Crippen molar-refractivity contribution in [1.29, 1.82) is 0 Å². The average Bonchev–Trinajstić information content (AvgIpc) is 2.47. The van der Waals surface area contributed by atoms with Crippen molar-refractivity contribution < 1.29 is 19.0 Å². The number of nitrogens with one attached hydrogen (secondary N) is 1. The van der Waals surface area contributed by atoms with E-state index in [1.54, 1.807) is 7.11 Å². The molecule has 0 saturated heterocycles. The highest BCUT2D eigenvalue weighted by Gasteiger charge is 2.19. The van der Waals surface area contributed by atoms with Crippen LogP contribution in [0.3, 0.4) is 0 Å². The van der Waals surface area contributed by atoms with Crippen LogP contribution in [-0.2, 0) is 9.53 Å². The van der Waals surface area contributed by atoms with Gasteiger partial charge in [-0.25, -0.2) is 0 Å². The first-order chi connectivity index (χ1) is 9.62. The summed E-state index contributed by atoms with van der Waals surface area (Å²) in [7, 11) is 2.96. The summed E-state index contributed by atoms with van der Waals surface area (Å²) < 4.78 is 15.7. The molecule has 0 aliphatic heterocycles. The van der Waals surface area contributed by atoms with Gasteiger partial charge in [0.2, 0.25) is 0 Å². The standard InChI is InChI=1S/C15H23NO4/c1-5-8-16-12(15(17)19-4)10-20-13-7-6-11(2)9-14(13)18-3/h6-7,9,12,16H,5,8,10H2,1-4H3. The molecule has 0 spiro atoms. The number of hydrogen-bond donors (Lipinski definition) is 1. The summed E-state index contributed by atoms with van der Waals surface area (Å²) in [6.45, 7) is 4.94. The van der Waals surface area contributed by atoms with Crippen molar-refractivity contribution in [3.8, 4) is 11.5 Å². The molecule has 0 amide bonds. The monoisotopic (exact) mass is 281 g/mol. The molecule has 1 unspecified atom stereocenters. The lowest BCUT2D eigenvalue weighted by molar-refractivity contribution is -0.143. The highest BCUT2D eigenvalue weighted by molar-refractivity contribution is 5.75. The fraction of sp³-hybridized carbons (Fsp3) is 0.533. The highest BCUT2D eigenvalue weighted by Crippen LogP contribution is 2.27. The third-order valence-electron chi connectivity index (χ3n) is 2.85. The maximum Gasteiger partial charge on any atom is 0.326 e. The van der Waals surface area contributed by atoms with Crippen LogP contribution in [0.1, 0.15) is 18.9 Å². The summed E-state index contributed by atoms with van der Waals surface area (Å²) in [6.07, 6.45) is 0.932. The van der Waals surface area contributed by atoms with Gasteiger partial charge in [0.05, 0.1) is 14.2 Å². The quantitative estimate of drug-likeness (QED) is 0.738. The van der Waals surface area contributed by atoms with Crippen molar-refractivity contribution in [1.82, 2.24) is 5.32 Å². The molecule has 1 aromatic rings. The summed E-state index contributed by atoms with van der Waals surface area (Å²) in [5, 5.41) is 3.10. The van der Waals surface area contributed by atoms with Crippen LogP contribution in [0.4, 0.5) is 0 Å². The van der Waals surface area contributed by atoms with Gasteiger partial charge >= 0.3 is 5.97 Å². The van der Waals surface area contributed by atoms with Crippen molar-refractivity contribution in [3.63, 3.8) is 0 Å². The molecule has 1 N–H and O–H groups in total. The normalized spacial score (nSPS) is 11.8. The molecule has 1 aromatic carbocycles. The van der Waals surface area contributed by atoms with Gasteiger partial charge in [-0.1, -0.05) is 13.0 Å². The van der Waals surface area contributed by atoms with Gasteiger partial charge < -0.3 is 19.5 Å². The van der Waals surface area contributed by atoms with Crippen molar-refractivity contribution >= 4 is 5.97 Å². The minimum atomic E-state index is -0.481. The number of esters is 1. The lowest BCUT2D eigenvalue weighted by Crippen LogP contribution is -2.42. The van der Waals surface area contributed by atoms with Crippen LogP contribution < -0.4 is 14.8 Å². The van der Waals surface area contributed by atoms with Gasteiger partial charge in [0, 0.05) is 0 Å². The number of aryl methyl sites for hydroxylation is 1. The second kappa shape index (κ2) is 8.43. The zero-order valence-electron chi connectivity index (χ0n) is 12.6. The van der Waals surface area contributed by atoms with Crippen LogP contribution in [0.25, 0.3) is 0 Å². The van der Waals surface area contributed by atoms with E-state index >= 15 is 0 Å². The summed E-state index contributed by atoms with van der Waals surface area (Å²) in [4.78, 5) is 11.7. The minimum absolute atomic E-state index is 0.200. The third kappa shape index (κ3) is 4.74. The van der Waals surface area contributed by atoms with Crippen LogP contribution >= 0.6 is 0 Å². The van der Waals surface area contributed by atoms with Crippen LogP contribution in [0.15, 0.2) is 18.2 Å². The van der Waals surface area contributed by atoms with Gasteiger partial charge in [0.25, 0.3) is 0 Å². The maximum atomic E-state index is 11.7. The van der Waals surface area contributed by atoms with Crippen molar-refractivity contribution in [2.24, 2.45) is 0 Å². The van der Waals surface area contributed by atoms with Gasteiger partial charge in [-0.2, -0.15) is 0 Å². The lowest BCUT2D eigenvalue weighted by atomic mass is 10.2. The molecule has 0 saturated carbocycles. The summed E-state index contributed by atoms with van der Waals surface area (Å²) in [6, 6.07) is 5.18. The summed E-state index contributed by atoms with van der Waals surface area (Å²) in [5.74, 6) is 0.943. The molecule has 5 heteroatoms. The second-order valence-corrected chi connectivity index (χ2v) is 4.50. The Morgan fingerprint density at radius 1 is 1.30 bits per heavy atom. The van der Waals surface area contributed by atoms with Gasteiger partial charge in [0.1, 0.15) is 12.6 Å². The first-order valence-corrected chi connectivity index (χ1v) is 6.71. The molecule has 1 rings (SSSR count). The van der Waals surface area contributed by atoms with Crippen molar-refractivity contribution in [3.05, 3.63) is 23.8 Å². The van der Waals surface area contributed by atoms with E-state index in [0.29, 0.717) is 11.5 Å². The van der Waals surface area contributed by atoms with Crippen LogP contribution in [0.5, 0.6) is 11.5 Å². The Hall–Kier alpha value is -1.75. The number of methoxy groups -OCH3 is 2. The van der Waals surface area contributed by atoms with Crippen LogP contribution in [0, 0.1) is 6.92 Å². The van der Waals surface area contributed by atoms with E-state index in [-0.39, 0.29) is 12.6 Å². The largest absolute Gasteiger partial charge is 0.493 e. The van der Waals surface area contributed by atoms with Crippen molar-refractivity contribution in [2.75, 3.05) is 27.4 Å². The van der Waals surface area contributed by atoms with Crippen molar-refractivity contribution in [2.45, 2.75) is 26.3 Å². The van der Waals surface area contributed by atoms with Gasteiger partial charge in [-0.05, 0) is 37.6 Å². The Morgan fingerprint density at radius 2 is 2.05 bits per heavy atom. The number of carbonyl (C=O) groups is 1. The molecule has 0 fully saturated rings. The Balaban J connectivity index is 2.68. The summed E-state index contributed by atoms with van der Waals surface area (Å²) in [5.41, 5.74) is 1.09. The minimum Gasteiger partial charge on any atom is -0.493 e. The average molecular weight is 281 g/mol. The molecule has 5 nitrogen and oxygen atoms in total. The number of ether oxygens (including phenoxy) is 3. The number of carbonyl (C=O) groups excluding carboxylic acids is 1. The van der Waals surface area contributed by atoms with Gasteiger partial charge in [-0.15, -0.1) is 0 Å². The topological polar surface area (TPSA) is 56.8 Å². The Morgan fingerprint density at radius 3 is 2.65 bits per heavy atom. The zero-order chi connectivity index (χ0) is 15.0. The predicted molar refractivity (Wildman–Crippen MR) is 77.3 cm³/mol. The highest BCUT2D eigenvalue weighted by atomic mass is 16.5. The Bertz CT molecular complexity index is 434. The molecule has 0 aliphatic rings. The first kappa shape index (κ1) is 16.3. The molecule has 0 aliphatic carbocycles. The molecule has 1 atom stereocenters. The fourth-order valence-corrected chi connectivity index (χ4v) is 1.74. The van der Waals surface area contributed by atoms with E-state index in [4.69, 9.17) is 14.2 Å². The smallest absolute Gasteiger partial charge is 0.326 e. The molecule has 0 aromatic heterocycles. The Kier molecular flexibility index (Phi) is 6.87.